The molecule has 0 spiro atoms. The molecule has 0 fully saturated rings. The fraction of sp³-hybridized carbons (Fsp3) is 0.688. The summed E-state index contributed by atoms with van der Waals surface area (Å²) in [6.45, 7) is 12.7. The average Bonchev–Trinajstić information content (AvgIpc) is 2.94. The summed E-state index contributed by atoms with van der Waals surface area (Å²) in [5.74, 6) is 0.876. The molecule has 0 amide bonds. The standard InChI is InChI=1S/C16H30N4S/c1-6-14-8-9-15(21-14)12-19-16(17-5)18-10-11-20(7-2)13(3)4/h8-9,13H,6-7,10-12H2,1-5H3,(H2,17,18,19). The minimum absolute atomic E-state index is 0.588. The minimum Gasteiger partial charge on any atom is -0.355 e. The van der Waals surface area contributed by atoms with E-state index < -0.39 is 0 Å². The summed E-state index contributed by atoms with van der Waals surface area (Å²) in [6, 6.07) is 4.99. The van der Waals surface area contributed by atoms with Crippen molar-refractivity contribution < 1.29 is 0 Å². The molecule has 0 saturated heterocycles. The van der Waals surface area contributed by atoms with Crippen LogP contribution in [0.5, 0.6) is 0 Å². The highest BCUT2D eigenvalue weighted by Gasteiger charge is 2.06. The third kappa shape index (κ3) is 6.48. The third-order valence-corrected chi connectivity index (χ3v) is 4.78. The number of guanidine groups is 1. The smallest absolute Gasteiger partial charge is 0.191 e. The monoisotopic (exact) mass is 310 g/mol. The fourth-order valence-electron chi connectivity index (χ4n) is 2.20. The zero-order chi connectivity index (χ0) is 15.7. The van der Waals surface area contributed by atoms with Gasteiger partial charge in [0.1, 0.15) is 0 Å². The van der Waals surface area contributed by atoms with Gasteiger partial charge in [0.25, 0.3) is 0 Å². The highest BCUT2D eigenvalue weighted by Crippen LogP contribution is 2.16. The van der Waals surface area contributed by atoms with Gasteiger partial charge in [-0.05, 0) is 38.9 Å². The van der Waals surface area contributed by atoms with Gasteiger partial charge in [0.15, 0.2) is 5.96 Å². The Hall–Kier alpha value is -1.07. The van der Waals surface area contributed by atoms with E-state index >= 15 is 0 Å². The Morgan fingerprint density at radius 1 is 1.24 bits per heavy atom. The summed E-state index contributed by atoms with van der Waals surface area (Å²) >= 11 is 1.87. The first kappa shape index (κ1) is 18.0. The molecular weight excluding hydrogens is 280 g/mol. The van der Waals surface area contributed by atoms with Crippen LogP contribution >= 0.6 is 11.3 Å². The lowest BCUT2D eigenvalue weighted by molar-refractivity contribution is 0.237. The van der Waals surface area contributed by atoms with E-state index in [0.29, 0.717) is 6.04 Å². The highest BCUT2D eigenvalue weighted by atomic mass is 32.1. The Labute approximate surface area is 133 Å². The molecule has 2 N–H and O–H groups in total. The summed E-state index contributed by atoms with van der Waals surface area (Å²) in [4.78, 5) is 9.51. The molecule has 0 radical (unpaired) electrons. The number of likely N-dealkylation sites (N-methyl/N-ethyl adjacent to an activating group) is 1. The van der Waals surface area contributed by atoms with Crippen LogP contribution in [-0.2, 0) is 13.0 Å². The summed E-state index contributed by atoms with van der Waals surface area (Å²) in [5.41, 5.74) is 0. The first-order chi connectivity index (χ1) is 10.1. The van der Waals surface area contributed by atoms with Crippen molar-refractivity contribution in [2.75, 3.05) is 26.7 Å². The number of hydrogen-bond acceptors (Lipinski definition) is 3. The first-order valence-corrected chi connectivity index (χ1v) is 8.68. The van der Waals surface area contributed by atoms with E-state index in [1.165, 1.54) is 9.75 Å². The van der Waals surface area contributed by atoms with Crippen molar-refractivity contribution in [3.05, 3.63) is 21.9 Å². The number of nitrogens with zero attached hydrogens (tertiary/aromatic N) is 2. The van der Waals surface area contributed by atoms with Gasteiger partial charge < -0.3 is 10.6 Å². The van der Waals surface area contributed by atoms with Crippen LogP contribution in [0, 0.1) is 0 Å². The van der Waals surface area contributed by atoms with Crippen molar-refractivity contribution >= 4 is 17.3 Å². The van der Waals surface area contributed by atoms with Crippen LogP contribution in [0.1, 0.15) is 37.4 Å². The van der Waals surface area contributed by atoms with Crippen LogP contribution in [0.15, 0.2) is 17.1 Å². The fourth-order valence-corrected chi connectivity index (χ4v) is 3.10. The van der Waals surface area contributed by atoms with Crippen LogP contribution in [0.2, 0.25) is 0 Å². The maximum absolute atomic E-state index is 4.28. The molecule has 0 aliphatic carbocycles. The summed E-state index contributed by atoms with van der Waals surface area (Å²) in [7, 11) is 1.82. The van der Waals surface area contributed by atoms with Gasteiger partial charge in [-0.2, -0.15) is 0 Å². The molecule has 1 aromatic rings. The molecule has 21 heavy (non-hydrogen) atoms. The molecule has 1 heterocycles. The second kappa shape index (κ2) is 9.79. The van der Waals surface area contributed by atoms with Gasteiger partial charge in [-0.15, -0.1) is 11.3 Å². The minimum atomic E-state index is 0.588. The molecule has 0 aromatic carbocycles. The van der Waals surface area contributed by atoms with E-state index in [2.05, 4.69) is 60.4 Å². The SMILES string of the molecule is CCc1ccc(CNC(=NC)NCCN(CC)C(C)C)s1. The Morgan fingerprint density at radius 3 is 2.48 bits per heavy atom. The van der Waals surface area contributed by atoms with Crippen LogP contribution in [-0.4, -0.2) is 43.6 Å². The third-order valence-electron chi connectivity index (χ3n) is 3.55. The average molecular weight is 311 g/mol. The van der Waals surface area contributed by atoms with E-state index in [9.17, 15) is 0 Å². The summed E-state index contributed by atoms with van der Waals surface area (Å²) in [5, 5.41) is 6.76. The summed E-state index contributed by atoms with van der Waals surface area (Å²) in [6.07, 6.45) is 1.11. The molecule has 0 aliphatic heterocycles. The lowest BCUT2D eigenvalue weighted by Gasteiger charge is -2.25. The lowest BCUT2D eigenvalue weighted by Crippen LogP contribution is -2.42. The van der Waals surface area contributed by atoms with Gasteiger partial charge in [0.2, 0.25) is 0 Å². The van der Waals surface area contributed by atoms with Crippen molar-refractivity contribution in [2.24, 2.45) is 4.99 Å². The van der Waals surface area contributed by atoms with Gasteiger partial charge >= 0.3 is 0 Å². The Balaban J connectivity index is 2.32. The molecule has 1 aromatic heterocycles. The maximum Gasteiger partial charge on any atom is 0.191 e. The zero-order valence-corrected chi connectivity index (χ0v) is 14.9. The predicted molar refractivity (Wildman–Crippen MR) is 94.3 cm³/mol. The Morgan fingerprint density at radius 2 is 1.95 bits per heavy atom. The van der Waals surface area contributed by atoms with Gasteiger partial charge in [-0.3, -0.25) is 9.89 Å². The maximum atomic E-state index is 4.28. The van der Waals surface area contributed by atoms with Crippen LogP contribution in [0.4, 0.5) is 0 Å². The molecule has 1 rings (SSSR count). The highest BCUT2D eigenvalue weighted by molar-refractivity contribution is 7.11. The normalized spacial score (nSPS) is 12.2. The first-order valence-electron chi connectivity index (χ1n) is 7.86. The molecule has 120 valence electrons. The number of rotatable bonds is 8. The number of hydrogen-bond donors (Lipinski definition) is 2. The van der Waals surface area contributed by atoms with E-state index in [-0.39, 0.29) is 0 Å². The largest absolute Gasteiger partial charge is 0.355 e. The van der Waals surface area contributed by atoms with Crippen molar-refractivity contribution in [1.82, 2.24) is 15.5 Å². The van der Waals surface area contributed by atoms with Gasteiger partial charge in [0, 0.05) is 35.9 Å². The number of nitrogens with one attached hydrogen (secondary N) is 2. The molecule has 0 bridgehead atoms. The number of thiophene rings is 1. The van der Waals surface area contributed by atoms with Crippen molar-refractivity contribution in [3.8, 4) is 0 Å². The predicted octanol–water partition coefficient (Wildman–Crippen LogP) is 2.71. The van der Waals surface area contributed by atoms with E-state index in [4.69, 9.17) is 0 Å². The van der Waals surface area contributed by atoms with Gasteiger partial charge in [-0.25, -0.2) is 0 Å². The van der Waals surface area contributed by atoms with Crippen LogP contribution in [0.3, 0.4) is 0 Å². The number of aryl methyl sites for hydroxylation is 1. The van der Waals surface area contributed by atoms with Crippen molar-refractivity contribution in [3.63, 3.8) is 0 Å². The van der Waals surface area contributed by atoms with Crippen molar-refractivity contribution in [2.45, 2.75) is 46.7 Å². The molecule has 0 aliphatic rings. The Bertz CT molecular complexity index is 426. The molecule has 0 atom stereocenters. The summed E-state index contributed by atoms with van der Waals surface area (Å²) < 4.78 is 0. The van der Waals surface area contributed by atoms with Crippen LogP contribution in [0.25, 0.3) is 0 Å². The topological polar surface area (TPSA) is 39.7 Å². The second-order valence-electron chi connectivity index (χ2n) is 5.30. The zero-order valence-electron chi connectivity index (χ0n) is 14.1. The van der Waals surface area contributed by atoms with E-state index in [1.807, 2.05) is 18.4 Å². The molecule has 5 heteroatoms. The lowest BCUT2D eigenvalue weighted by atomic mass is 10.3. The Kier molecular flexibility index (Phi) is 8.38. The van der Waals surface area contributed by atoms with E-state index in [1.54, 1.807) is 0 Å². The number of aliphatic imine (C=N–C) groups is 1. The van der Waals surface area contributed by atoms with Crippen LogP contribution < -0.4 is 10.6 Å². The second-order valence-corrected chi connectivity index (χ2v) is 6.55. The quantitative estimate of drug-likeness (QED) is 0.573. The van der Waals surface area contributed by atoms with Crippen molar-refractivity contribution in [1.29, 1.82) is 0 Å². The van der Waals surface area contributed by atoms with Gasteiger partial charge in [-0.1, -0.05) is 13.8 Å². The van der Waals surface area contributed by atoms with E-state index in [0.717, 1.165) is 38.6 Å². The molecule has 4 nitrogen and oxygen atoms in total. The van der Waals surface area contributed by atoms with Gasteiger partial charge in [0.05, 0.1) is 6.54 Å². The molecule has 0 unspecified atom stereocenters. The molecule has 0 saturated carbocycles. The molecular formula is C16H30N4S.